The topological polar surface area (TPSA) is 13.1 Å². The first-order chi connectivity index (χ1) is 27.3. The van der Waals surface area contributed by atoms with Crippen molar-refractivity contribution in [3.05, 3.63) is 212 Å². The Hall–Kier alpha value is -7.36. The van der Waals surface area contributed by atoms with E-state index < -0.39 is 0 Å². The Morgan fingerprint density at radius 1 is 0.309 bits per heavy atom. The van der Waals surface area contributed by atoms with Gasteiger partial charge in [0.15, 0.2) is 0 Å². The molecule has 2 aromatic heterocycles. The van der Waals surface area contributed by atoms with Gasteiger partial charge in [0, 0.05) is 44.3 Å². The second kappa shape index (κ2) is 12.6. The van der Waals surface area contributed by atoms with Gasteiger partial charge in [-0.1, -0.05) is 133 Å². The Labute approximate surface area is 319 Å². The SMILES string of the molecule is c1ccc(-c2cccc(N(c3ccc(-n4c5ccccc5c5c6ccccc6ccc54)cc3)c3cccc4c3c3ccccc3n4-c3ccccc3)c2)cc1. The Morgan fingerprint density at radius 3 is 1.60 bits per heavy atom. The van der Waals surface area contributed by atoms with Gasteiger partial charge >= 0.3 is 0 Å². The number of rotatable bonds is 6. The molecule has 11 rings (SSSR count). The van der Waals surface area contributed by atoms with E-state index >= 15 is 0 Å². The summed E-state index contributed by atoms with van der Waals surface area (Å²) in [5, 5.41) is 7.52. The molecule has 0 aliphatic rings. The van der Waals surface area contributed by atoms with E-state index in [0.29, 0.717) is 0 Å². The van der Waals surface area contributed by atoms with Crippen molar-refractivity contribution in [3.63, 3.8) is 0 Å². The second-order valence-corrected chi connectivity index (χ2v) is 14.2. The van der Waals surface area contributed by atoms with Crippen LogP contribution in [0.3, 0.4) is 0 Å². The maximum absolute atomic E-state index is 2.43. The Bertz CT molecular complexity index is 3190. The zero-order valence-corrected chi connectivity index (χ0v) is 30.0. The molecule has 0 saturated carbocycles. The minimum Gasteiger partial charge on any atom is -0.310 e. The van der Waals surface area contributed by atoms with Crippen LogP contribution in [-0.2, 0) is 0 Å². The molecule has 0 spiro atoms. The zero-order chi connectivity index (χ0) is 36.3. The van der Waals surface area contributed by atoms with E-state index in [-0.39, 0.29) is 0 Å². The highest BCUT2D eigenvalue weighted by atomic mass is 15.1. The molecule has 0 aliphatic carbocycles. The van der Waals surface area contributed by atoms with Gasteiger partial charge in [0.2, 0.25) is 0 Å². The predicted molar refractivity (Wildman–Crippen MR) is 233 cm³/mol. The summed E-state index contributed by atoms with van der Waals surface area (Å²) in [7, 11) is 0. The van der Waals surface area contributed by atoms with Crippen LogP contribution in [0, 0.1) is 0 Å². The van der Waals surface area contributed by atoms with Crippen LogP contribution >= 0.6 is 0 Å². The molecule has 0 N–H and O–H groups in total. The Morgan fingerprint density at radius 2 is 0.855 bits per heavy atom. The standard InChI is InChI=1S/C52H35N3/c1-3-15-36(16-4-1)38-18-13-21-42(35-38)53(48-27-14-28-49-52(48)45-24-10-12-26-47(45)54(49)39-19-5-2-6-20-39)40-30-32-41(33-31-40)55-46-25-11-9-23-44(46)51-43-22-8-7-17-37(43)29-34-50(51)55/h1-35H. The van der Waals surface area contributed by atoms with Crippen LogP contribution in [0.5, 0.6) is 0 Å². The molecule has 0 bridgehead atoms. The molecule has 0 saturated heterocycles. The van der Waals surface area contributed by atoms with Gasteiger partial charge in [-0.3, -0.25) is 0 Å². The minimum atomic E-state index is 1.09. The fourth-order valence-electron chi connectivity index (χ4n) is 8.69. The third-order valence-electron chi connectivity index (χ3n) is 11.1. The smallest absolute Gasteiger partial charge is 0.0562 e. The maximum Gasteiger partial charge on any atom is 0.0562 e. The van der Waals surface area contributed by atoms with Gasteiger partial charge in [-0.2, -0.15) is 0 Å². The number of aromatic nitrogens is 2. The number of benzene rings is 9. The molecule has 0 unspecified atom stereocenters. The molecular weight excluding hydrogens is 667 g/mol. The summed E-state index contributed by atoms with van der Waals surface area (Å²) in [6, 6.07) is 76.9. The molecule has 2 heterocycles. The fourth-order valence-corrected chi connectivity index (χ4v) is 8.69. The van der Waals surface area contributed by atoms with Crippen molar-refractivity contribution >= 4 is 71.4 Å². The average Bonchev–Trinajstić information content (AvgIpc) is 3.79. The van der Waals surface area contributed by atoms with Crippen LogP contribution in [0.2, 0.25) is 0 Å². The largest absolute Gasteiger partial charge is 0.310 e. The van der Waals surface area contributed by atoms with Crippen molar-refractivity contribution in [1.82, 2.24) is 9.13 Å². The van der Waals surface area contributed by atoms with Crippen LogP contribution in [-0.4, -0.2) is 9.13 Å². The summed E-state index contributed by atoms with van der Waals surface area (Å²) in [5.41, 5.74) is 12.7. The summed E-state index contributed by atoms with van der Waals surface area (Å²) in [4.78, 5) is 2.43. The van der Waals surface area contributed by atoms with Crippen LogP contribution in [0.25, 0.3) is 76.9 Å². The molecule has 0 aliphatic heterocycles. The summed E-state index contributed by atoms with van der Waals surface area (Å²) >= 11 is 0. The van der Waals surface area contributed by atoms with Gasteiger partial charge in [0.05, 0.1) is 27.8 Å². The van der Waals surface area contributed by atoms with E-state index in [2.05, 4.69) is 226 Å². The van der Waals surface area contributed by atoms with Gasteiger partial charge in [-0.05, 0) is 101 Å². The predicted octanol–water partition coefficient (Wildman–Crippen LogP) is 14.2. The van der Waals surface area contributed by atoms with Crippen molar-refractivity contribution < 1.29 is 0 Å². The maximum atomic E-state index is 2.43. The van der Waals surface area contributed by atoms with E-state index in [1.165, 1.54) is 65.5 Å². The molecule has 55 heavy (non-hydrogen) atoms. The summed E-state index contributed by atoms with van der Waals surface area (Å²) < 4.78 is 4.80. The second-order valence-electron chi connectivity index (χ2n) is 14.2. The lowest BCUT2D eigenvalue weighted by Crippen LogP contribution is -2.11. The number of nitrogens with zero attached hydrogens (tertiary/aromatic N) is 3. The van der Waals surface area contributed by atoms with Gasteiger partial charge in [-0.15, -0.1) is 0 Å². The normalized spacial score (nSPS) is 11.6. The highest BCUT2D eigenvalue weighted by molar-refractivity contribution is 6.21. The Kier molecular flexibility index (Phi) is 7.17. The lowest BCUT2D eigenvalue weighted by Gasteiger charge is -2.27. The summed E-state index contributed by atoms with van der Waals surface area (Å²) in [5.74, 6) is 0. The van der Waals surface area contributed by atoms with Crippen LogP contribution < -0.4 is 4.90 Å². The lowest BCUT2D eigenvalue weighted by atomic mass is 10.0. The van der Waals surface area contributed by atoms with E-state index in [1.54, 1.807) is 0 Å². The highest BCUT2D eigenvalue weighted by Crippen LogP contribution is 2.45. The first kappa shape index (κ1) is 31.2. The molecule has 0 amide bonds. The molecule has 0 radical (unpaired) electrons. The molecule has 0 atom stereocenters. The highest BCUT2D eigenvalue weighted by Gasteiger charge is 2.22. The van der Waals surface area contributed by atoms with E-state index in [9.17, 15) is 0 Å². The van der Waals surface area contributed by atoms with Crippen LogP contribution in [0.1, 0.15) is 0 Å². The first-order valence-corrected chi connectivity index (χ1v) is 18.9. The number of fused-ring (bicyclic) bond motifs is 8. The fraction of sp³-hybridized carbons (Fsp3) is 0. The third-order valence-corrected chi connectivity index (χ3v) is 11.1. The number of anilines is 3. The quantitative estimate of drug-likeness (QED) is 0.168. The molecule has 3 heteroatoms. The molecule has 0 fully saturated rings. The van der Waals surface area contributed by atoms with E-state index in [4.69, 9.17) is 0 Å². The molecule has 3 nitrogen and oxygen atoms in total. The average molecular weight is 702 g/mol. The Balaban J connectivity index is 1.14. The monoisotopic (exact) mass is 701 g/mol. The number of hydrogen-bond donors (Lipinski definition) is 0. The molecular formula is C52H35N3. The van der Waals surface area contributed by atoms with Gasteiger partial charge in [0.1, 0.15) is 0 Å². The van der Waals surface area contributed by atoms with Crippen LogP contribution in [0.4, 0.5) is 17.1 Å². The van der Waals surface area contributed by atoms with Crippen LogP contribution in [0.15, 0.2) is 212 Å². The minimum absolute atomic E-state index is 1.09. The molecule has 258 valence electrons. The summed E-state index contributed by atoms with van der Waals surface area (Å²) in [6.45, 7) is 0. The van der Waals surface area contributed by atoms with Crippen molar-refractivity contribution in [1.29, 1.82) is 0 Å². The van der Waals surface area contributed by atoms with E-state index in [0.717, 1.165) is 28.4 Å². The van der Waals surface area contributed by atoms with Crippen molar-refractivity contribution in [2.45, 2.75) is 0 Å². The lowest BCUT2D eigenvalue weighted by molar-refractivity contribution is 1.17. The third kappa shape index (κ3) is 4.98. The van der Waals surface area contributed by atoms with Crippen molar-refractivity contribution in [2.75, 3.05) is 4.90 Å². The van der Waals surface area contributed by atoms with Gasteiger partial charge < -0.3 is 14.0 Å². The summed E-state index contributed by atoms with van der Waals surface area (Å²) in [6.07, 6.45) is 0. The molecule has 11 aromatic rings. The first-order valence-electron chi connectivity index (χ1n) is 18.9. The number of para-hydroxylation sites is 3. The van der Waals surface area contributed by atoms with Crippen molar-refractivity contribution in [2.24, 2.45) is 0 Å². The van der Waals surface area contributed by atoms with Gasteiger partial charge in [-0.25, -0.2) is 0 Å². The van der Waals surface area contributed by atoms with E-state index in [1.807, 2.05) is 0 Å². The number of hydrogen-bond acceptors (Lipinski definition) is 1. The van der Waals surface area contributed by atoms with Crippen molar-refractivity contribution in [3.8, 4) is 22.5 Å². The van der Waals surface area contributed by atoms with Gasteiger partial charge in [0.25, 0.3) is 0 Å². The molecule has 9 aromatic carbocycles. The zero-order valence-electron chi connectivity index (χ0n) is 30.0.